The van der Waals surface area contributed by atoms with E-state index in [-0.39, 0.29) is 21.5 Å². The number of aryl methyl sites for hydroxylation is 1. The predicted octanol–water partition coefficient (Wildman–Crippen LogP) is 2.04. The fraction of sp³-hybridized carbons (Fsp3) is 0.167. The molecule has 0 radical (unpaired) electrons. The van der Waals surface area contributed by atoms with E-state index in [2.05, 4.69) is 9.71 Å². The van der Waals surface area contributed by atoms with E-state index in [4.69, 9.17) is 5.73 Å². The van der Waals surface area contributed by atoms with Crippen LogP contribution in [0.2, 0.25) is 0 Å². The first kappa shape index (κ1) is 14.5. The minimum atomic E-state index is -3.73. The van der Waals surface area contributed by atoms with E-state index in [1.807, 2.05) is 0 Å². The zero-order chi connectivity index (χ0) is 14.9. The Morgan fingerprint density at radius 2 is 2.10 bits per heavy atom. The quantitative estimate of drug-likeness (QED) is 0.664. The maximum absolute atomic E-state index is 12.2. The number of anilines is 2. The molecule has 0 atom stereocenters. The maximum Gasteiger partial charge on any atom is 0.263 e. The van der Waals surface area contributed by atoms with Gasteiger partial charge in [-0.2, -0.15) is 0 Å². The highest BCUT2D eigenvalue weighted by molar-refractivity contribution is 7.93. The van der Waals surface area contributed by atoms with Gasteiger partial charge in [-0.1, -0.05) is 0 Å². The summed E-state index contributed by atoms with van der Waals surface area (Å²) in [5, 5.41) is 1.67. The molecular formula is C12H13N3O3S2. The molecule has 0 aliphatic rings. The predicted molar refractivity (Wildman–Crippen MR) is 78.5 cm³/mol. The van der Waals surface area contributed by atoms with Crippen LogP contribution in [-0.2, 0) is 10.0 Å². The topological polar surface area (TPSA) is 102 Å². The van der Waals surface area contributed by atoms with Crippen LogP contribution in [0.3, 0.4) is 0 Å². The highest BCUT2D eigenvalue weighted by Gasteiger charge is 2.17. The van der Waals surface area contributed by atoms with Crippen LogP contribution in [0.4, 0.5) is 10.8 Å². The molecule has 0 fully saturated rings. The van der Waals surface area contributed by atoms with Crippen LogP contribution in [0.1, 0.15) is 23.0 Å². The van der Waals surface area contributed by atoms with Crippen LogP contribution in [0, 0.1) is 6.92 Å². The first-order chi connectivity index (χ1) is 9.29. The average Bonchev–Trinajstić information content (AvgIpc) is 2.80. The van der Waals surface area contributed by atoms with Crippen molar-refractivity contribution in [2.24, 2.45) is 0 Å². The summed E-state index contributed by atoms with van der Waals surface area (Å²) in [6, 6.07) is 4.44. The molecule has 2 rings (SSSR count). The van der Waals surface area contributed by atoms with Gasteiger partial charge in [0.2, 0.25) is 0 Å². The summed E-state index contributed by atoms with van der Waals surface area (Å²) in [4.78, 5) is 15.1. The van der Waals surface area contributed by atoms with Gasteiger partial charge in [0, 0.05) is 18.0 Å². The van der Waals surface area contributed by atoms with Crippen molar-refractivity contribution < 1.29 is 13.2 Å². The zero-order valence-corrected chi connectivity index (χ0v) is 12.5. The minimum absolute atomic E-state index is 0.101. The maximum atomic E-state index is 12.2. The molecule has 20 heavy (non-hydrogen) atoms. The average molecular weight is 311 g/mol. The third-order valence-corrected chi connectivity index (χ3v) is 4.86. The Kier molecular flexibility index (Phi) is 3.78. The molecule has 1 heterocycles. The number of carbonyl (C=O) groups excluding carboxylic acids is 1. The molecular weight excluding hydrogens is 298 g/mol. The fourth-order valence-corrected chi connectivity index (χ4v) is 3.56. The van der Waals surface area contributed by atoms with Crippen LogP contribution in [-0.4, -0.2) is 19.2 Å². The van der Waals surface area contributed by atoms with Gasteiger partial charge in [0.05, 0.1) is 4.90 Å². The molecule has 106 valence electrons. The number of Topliss-reactive ketones (excluding diaryl/α,β-unsaturated/α-hetero) is 1. The van der Waals surface area contributed by atoms with Gasteiger partial charge in [0.15, 0.2) is 10.9 Å². The van der Waals surface area contributed by atoms with E-state index in [0.29, 0.717) is 11.3 Å². The van der Waals surface area contributed by atoms with Gasteiger partial charge in [0.25, 0.3) is 10.0 Å². The third kappa shape index (κ3) is 2.97. The van der Waals surface area contributed by atoms with Crippen LogP contribution in [0.5, 0.6) is 0 Å². The standard InChI is InChI=1S/C12H13N3O3S2/c1-7-5-9(3-4-10(7)13)20(17,18)15-12-14-11(6-19-12)8(2)16/h3-6H,13H2,1-2H3,(H,14,15). The molecule has 0 bridgehead atoms. The van der Waals surface area contributed by atoms with Gasteiger partial charge in [-0.15, -0.1) is 11.3 Å². The highest BCUT2D eigenvalue weighted by atomic mass is 32.2. The monoisotopic (exact) mass is 311 g/mol. The second kappa shape index (κ2) is 5.22. The number of nitrogen functional groups attached to an aromatic ring is 1. The van der Waals surface area contributed by atoms with E-state index < -0.39 is 10.0 Å². The lowest BCUT2D eigenvalue weighted by Gasteiger charge is -2.07. The lowest BCUT2D eigenvalue weighted by Crippen LogP contribution is -2.13. The Balaban J connectivity index is 2.30. The molecule has 0 saturated heterocycles. The molecule has 0 aliphatic heterocycles. The lowest BCUT2D eigenvalue weighted by molar-refractivity contribution is 0.101. The number of hydrogen-bond donors (Lipinski definition) is 2. The molecule has 1 aromatic carbocycles. The highest BCUT2D eigenvalue weighted by Crippen LogP contribution is 2.22. The van der Waals surface area contributed by atoms with Gasteiger partial charge in [-0.05, 0) is 30.7 Å². The number of sulfonamides is 1. The molecule has 8 heteroatoms. The van der Waals surface area contributed by atoms with Crippen LogP contribution < -0.4 is 10.5 Å². The lowest BCUT2D eigenvalue weighted by atomic mass is 10.2. The first-order valence-electron chi connectivity index (χ1n) is 5.65. The number of nitrogens with two attached hydrogens (primary N) is 1. The van der Waals surface area contributed by atoms with Crippen LogP contribution >= 0.6 is 11.3 Å². The largest absolute Gasteiger partial charge is 0.399 e. The van der Waals surface area contributed by atoms with Crippen molar-refractivity contribution in [3.05, 3.63) is 34.8 Å². The van der Waals surface area contributed by atoms with Gasteiger partial charge in [0.1, 0.15) is 5.69 Å². The first-order valence-corrected chi connectivity index (χ1v) is 8.01. The number of hydrogen-bond acceptors (Lipinski definition) is 6. The third-order valence-electron chi connectivity index (χ3n) is 2.64. The van der Waals surface area contributed by atoms with E-state index in [0.717, 1.165) is 11.3 Å². The number of aromatic nitrogens is 1. The summed E-state index contributed by atoms with van der Waals surface area (Å²) >= 11 is 1.06. The second-order valence-electron chi connectivity index (χ2n) is 4.22. The van der Waals surface area contributed by atoms with Crippen molar-refractivity contribution in [2.75, 3.05) is 10.5 Å². The Hall–Kier alpha value is -1.93. The summed E-state index contributed by atoms with van der Waals surface area (Å²) in [6.07, 6.45) is 0. The number of thiazole rings is 1. The summed E-state index contributed by atoms with van der Waals surface area (Å²) in [7, 11) is -3.73. The fourth-order valence-electron chi connectivity index (χ4n) is 1.47. The van der Waals surface area contributed by atoms with Crippen LogP contribution in [0.25, 0.3) is 0 Å². The molecule has 1 aromatic heterocycles. The Labute approximate surface area is 120 Å². The Morgan fingerprint density at radius 3 is 2.65 bits per heavy atom. The molecule has 3 N–H and O–H groups in total. The summed E-state index contributed by atoms with van der Waals surface area (Å²) in [5.74, 6) is -0.213. The summed E-state index contributed by atoms with van der Waals surface area (Å²) < 4.78 is 26.7. The van der Waals surface area contributed by atoms with Gasteiger partial charge in [-0.3, -0.25) is 9.52 Å². The zero-order valence-electron chi connectivity index (χ0n) is 10.9. The van der Waals surface area contributed by atoms with Gasteiger partial charge in [-0.25, -0.2) is 13.4 Å². The number of benzene rings is 1. The van der Waals surface area contributed by atoms with Crippen molar-refractivity contribution >= 4 is 38.0 Å². The SMILES string of the molecule is CC(=O)c1csc(NS(=O)(=O)c2ccc(N)c(C)c2)n1. The minimum Gasteiger partial charge on any atom is -0.399 e. The molecule has 0 aliphatic carbocycles. The molecule has 0 amide bonds. The van der Waals surface area contributed by atoms with Crippen molar-refractivity contribution in [1.29, 1.82) is 0 Å². The summed E-state index contributed by atoms with van der Waals surface area (Å²) in [5.41, 5.74) is 7.10. The number of ketones is 1. The van der Waals surface area contributed by atoms with E-state index in [9.17, 15) is 13.2 Å². The number of nitrogens with one attached hydrogen (secondary N) is 1. The number of carbonyl (C=O) groups is 1. The second-order valence-corrected chi connectivity index (χ2v) is 6.76. The normalized spacial score (nSPS) is 11.3. The van der Waals surface area contributed by atoms with Crippen LogP contribution in [0.15, 0.2) is 28.5 Å². The Morgan fingerprint density at radius 1 is 1.40 bits per heavy atom. The van der Waals surface area contributed by atoms with Gasteiger partial charge < -0.3 is 5.73 Å². The van der Waals surface area contributed by atoms with Crippen molar-refractivity contribution in [1.82, 2.24) is 4.98 Å². The molecule has 2 aromatic rings. The number of nitrogens with zero attached hydrogens (tertiary/aromatic N) is 1. The summed E-state index contributed by atoms with van der Waals surface area (Å²) in [6.45, 7) is 3.10. The van der Waals surface area contributed by atoms with E-state index in [1.165, 1.54) is 30.5 Å². The molecule has 0 spiro atoms. The van der Waals surface area contributed by atoms with Gasteiger partial charge >= 0.3 is 0 Å². The van der Waals surface area contributed by atoms with Crippen molar-refractivity contribution in [3.63, 3.8) is 0 Å². The molecule has 0 unspecified atom stereocenters. The smallest absolute Gasteiger partial charge is 0.263 e. The van der Waals surface area contributed by atoms with Crippen molar-refractivity contribution in [3.8, 4) is 0 Å². The molecule has 6 nitrogen and oxygen atoms in total. The van der Waals surface area contributed by atoms with Crippen molar-refractivity contribution in [2.45, 2.75) is 18.7 Å². The Bertz CT molecular complexity index is 766. The number of rotatable bonds is 4. The van der Waals surface area contributed by atoms with E-state index in [1.54, 1.807) is 6.92 Å². The molecule has 0 saturated carbocycles. The van der Waals surface area contributed by atoms with E-state index >= 15 is 0 Å².